The molecule has 3 aromatic heterocycles. The van der Waals surface area contributed by atoms with Crippen LogP contribution in [0.1, 0.15) is 49.1 Å². The lowest BCUT2D eigenvalue weighted by Crippen LogP contribution is -2.25. The molecule has 1 aliphatic carbocycles. The van der Waals surface area contributed by atoms with Crippen LogP contribution in [0, 0.1) is 6.92 Å². The first kappa shape index (κ1) is 21.2. The highest BCUT2D eigenvalue weighted by molar-refractivity contribution is 7.18. The van der Waals surface area contributed by atoms with E-state index in [0.29, 0.717) is 12.6 Å². The average Bonchev–Trinajstić information content (AvgIpc) is 3.42. The maximum Gasteiger partial charge on any atom is 0.125 e. The zero-order chi connectivity index (χ0) is 21.9. The van der Waals surface area contributed by atoms with E-state index in [1.165, 1.54) is 24.9 Å². The standard InChI is InChI=1S/C25H29N5OS/c1-17-24(32-25(27-17)19-7-4-13-26-16-19)22-11-10-18-6-3-9-21(23(18)28-22)29-31-15-12-20-8-5-14-30(20)2/h4,7,10-11,13,16,20H,3,5-6,8-9,12,14-15H2,1-2H3. The quantitative estimate of drug-likeness (QED) is 0.388. The molecule has 0 N–H and O–H groups in total. The van der Waals surface area contributed by atoms with Crippen molar-refractivity contribution in [3.63, 3.8) is 0 Å². The first-order chi connectivity index (χ1) is 15.7. The van der Waals surface area contributed by atoms with Crippen molar-refractivity contribution in [2.75, 3.05) is 20.2 Å². The predicted molar refractivity (Wildman–Crippen MR) is 129 cm³/mol. The summed E-state index contributed by atoms with van der Waals surface area (Å²) in [5.74, 6) is 0. The molecule has 2 aliphatic rings. The van der Waals surface area contributed by atoms with Crippen LogP contribution in [-0.2, 0) is 11.3 Å². The van der Waals surface area contributed by atoms with Crippen LogP contribution in [0.2, 0.25) is 0 Å². The van der Waals surface area contributed by atoms with E-state index >= 15 is 0 Å². The molecule has 0 amide bonds. The largest absolute Gasteiger partial charge is 0.395 e. The molecule has 32 heavy (non-hydrogen) atoms. The number of thiazole rings is 1. The van der Waals surface area contributed by atoms with Crippen LogP contribution < -0.4 is 0 Å². The second-order valence-corrected chi connectivity index (χ2v) is 9.67. The third-order valence-corrected chi connectivity index (χ3v) is 7.67. The summed E-state index contributed by atoms with van der Waals surface area (Å²) in [7, 11) is 2.20. The first-order valence-corrected chi connectivity index (χ1v) is 12.3. The smallest absolute Gasteiger partial charge is 0.125 e. The SMILES string of the molecule is Cc1nc(-c2cccnc2)sc1-c1ccc2c(n1)C(=NOCCC1CCCN1C)CCC2. The van der Waals surface area contributed by atoms with Gasteiger partial charge in [-0.1, -0.05) is 11.2 Å². The highest BCUT2D eigenvalue weighted by Gasteiger charge is 2.22. The van der Waals surface area contributed by atoms with E-state index in [2.05, 4.69) is 34.2 Å². The van der Waals surface area contributed by atoms with Crippen LogP contribution in [0.25, 0.3) is 21.1 Å². The van der Waals surface area contributed by atoms with Crippen LogP contribution >= 0.6 is 11.3 Å². The van der Waals surface area contributed by atoms with Crippen molar-refractivity contribution in [1.82, 2.24) is 19.9 Å². The van der Waals surface area contributed by atoms with Gasteiger partial charge in [0.2, 0.25) is 0 Å². The van der Waals surface area contributed by atoms with E-state index in [0.717, 1.165) is 63.9 Å². The van der Waals surface area contributed by atoms with Crippen LogP contribution in [0.5, 0.6) is 0 Å². The number of rotatable bonds is 6. The van der Waals surface area contributed by atoms with Gasteiger partial charge in [-0.25, -0.2) is 9.97 Å². The lowest BCUT2D eigenvalue weighted by molar-refractivity contribution is 0.120. The average molecular weight is 448 g/mol. The summed E-state index contributed by atoms with van der Waals surface area (Å²) in [6.45, 7) is 3.90. The fraction of sp³-hybridized carbons (Fsp3) is 0.440. The minimum absolute atomic E-state index is 0.627. The van der Waals surface area contributed by atoms with Crippen LogP contribution in [0.3, 0.4) is 0 Å². The molecule has 166 valence electrons. The zero-order valence-electron chi connectivity index (χ0n) is 18.8. The molecule has 0 bridgehead atoms. The molecule has 3 aromatic rings. The van der Waals surface area contributed by atoms with Crippen LogP contribution in [-0.4, -0.2) is 51.8 Å². The Hall–Kier alpha value is -2.64. The number of fused-ring (bicyclic) bond motifs is 1. The highest BCUT2D eigenvalue weighted by atomic mass is 32.1. The number of oxime groups is 1. The summed E-state index contributed by atoms with van der Waals surface area (Å²) < 4.78 is 0. The lowest BCUT2D eigenvalue weighted by Gasteiger charge is -2.19. The number of hydrogen-bond acceptors (Lipinski definition) is 7. The normalized spacial score (nSPS) is 19.9. The Balaban J connectivity index is 1.35. The number of pyridine rings is 2. The zero-order valence-corrected chi connectivity index (χ0v) is 19.6. The van der Waals surface area contributed by atoms with Gasteiger partial charge in [-0.15, -0.1) is 11.3 Å². The van der Waals surface area contributed by atoms with Crippen molar-refractivity contribution in [2.24, 2.45) is 5.16 Å². The van der Waals surface area contributed by atoms with Gasteiger partial charge in [-0.2, -0.15) is 0 Å². The topological polar surface area (TPSA) is 63.5 Å². The van der Waals surface area contributed by atoms with Gasteiger partial charge in [0.25, 0.3) is 0 Å². The van der Waals surface area contributed by atoms with Crippen molar-refractivity contribution in [3.05, 3.63) is 53.6 Å². The van der Waals surface area contributed by atoms with E-state index in [9.17, 15) is 0 Å². The van der Waals surface area contributed by atoms with Crippen LogP contribution in [0.4, 0.5) is 0 Å². The van der Waals surface area contributed by atoms with Gasteiger partial charge in [-0.3, -0.25) is 4.98 Å². The van der Waals surface area contributed by atoms with Crippen molar-refractivity contribution in [3.8, 4) is 21.1 Å². The molecule has 6 nitrogen and oxygen atoms in total. The summed E-state index contributed by atoms with van der Waals surface area (Å²) in [5, 5.41) is 5.51. The number of aryl methyl sites for hydroxylation is 2. The maximum atomic E-state index is 5.78. The lowest BCUT2D eigenvalue weighted by atomic mass is 9.94. The molecule has 1 saturated heterocycles. The van der Waals surface area contributed by atoms with Crippen molar-refractivity contribution < 1.29 is 4.84 Å². The maximum absolute atomic E-state index is 5.78. The Morgan fingerprint density at radius 1 is 1.19 bits per heavy atom. The minimum Gasteiger partial charge on any atom is -0.395 e. The molecule has 1 atom stereocenters. The highest BCUT2D eigenvalue weighted by Crippen LogP contribution is 2.35. The summed E-state index contributed by atoms with van der Waals surface area (Å²) in [5.41, 5.74) is 6.20. The summed E-state index contributed by atoms with van der Waals surface area (Å²) >= 11 is 1.66. The Labute approximate surface area is 193 Å². The monoisotopic (exact) mass is 447 g/mol. The van der Waals surface area contributed by atoms with Crippen molar-refractivity contribution >= 4 is 17.0 Å². The Kier molecular flexibility index (Phi) is 6.28. The molecule has 1 unspecified atom stereocenters. The number of nitrogens with zero attached hydrogens (tertiary/aromatic N) is 5. The van der Waals surface area contributed by atoms with E-state index in [1.807, 2.05) is 25.3 Å². The van der Waals surface area contributed by atoms with Crippen molar-refractivity contribution in [2.45, 2.75) is 51.5 Å². The minimum atomic E-state index is 0.627. The third kappa shape index (κ3) is 4.45. The van der Waals surface area contributed by atoms with Gasteiger partial charge in [-0.05, 0) is 82.8 Å². The van der Waals surface area contributed by atoms with E-state index in [1.54, 1.807) is 17.5 Å². The molecular formula is C25H29N5OS. The third-order valence-electron chi connectivity index (χ3n) is 6.44. The Morgan fingerprint density at radius 3 is 2.94 bits per heavy atom. The van der Waals surface area contributed by atoms with Gasteiger partial charge in [0.15, 0.2) is 0 Å². The van der Waals surface area contributed by atoms with E-state index in [4.69, 9.17) is 14.8 Å². The van der Waals surface area contributed by atoms with Gasteiger partial charge < -0.3 is 9.74 Å². The number of likely N-dealkylation sites (tertiary alicyclic amines) is 1. The first-order valence-electron chi connectivity index (χ1n) is 11.5. The summed E-state index contributed by atoms with van der Waals surface area (Å²) in [4.78, 5) is 23.3. The molecule has 5 rings (SSSR count). The molecule has 4 heterocycles. The van der Waals surface area contributed by atoms with Gasteiger partial charge >= 0.3 is 0 Å². The molecule has 1 aliphatic heterocycles. The van der Waals surface area contributed by atoms with E-state index in [-0.39, 0.29) is 0 Å². The molecular weight excluding hydrogens is 418 g/mol. The van der Waals surface area contributed by atoms with Crippen LogP contribution in [0.15, 0.2) is 41.8 Å². The van der Waals surface area contributed by atoms with E-state index < -0.39 is 0 Å². The predicted octanol–water partition coefficient (Wildman–Crippen LogP) is 5.12. The van der Waals surface area contributed by atoms with Gasteiger partial charge in [0.05, 0.1) is 22.0 Å². The van der Waals surface area contributed by atoms with Gasteiger partial charge in [0.1, 0.15) is 17.3 Å². The number of aromatic nitrogens is 3. The molecule has 0 spiro atoms. The summed E-state index contributed by atoms with van der Waals surface area (Å²) in [6.07, 6.45) is 10.3. The Morgan fingerprint density at radius 2 is 2.12 bits per heavy atom. The number of hydrogen-bond donors (Lipinski definition) is 0. The molecule has 0 radical (unpaired) electrons. The Bertz CT molecular complexity index is 1110. The fourth-order valence-corrected chi connectivity index (χ4v) is 5.65. The molecule has 0 aromatic carbocycles. The fourth-order valence-electron chi connectivity index (χ4n) is 4.62. The second kappa shape index (κ2) is 9.46. The summed E-state index contributed by atoms with van der Waals surface area (Å²) in [6, 6.07) is 8.92. The van der Waals surface area contributed by atoms with Gasteiger partial charge in [0, 0.05) is 24.0 Å². The molecule has 1 fully saturated rings. The van der Waals surface area contributed by atoms with Crippen molar-refractivity contribution in [1.29, 1.82) is 0 Å². The second-order valence-electron chi connectivity index (χ2n) is 8.67. The molecule has 7 heteroatoms. The molecule has 0 saturated carbocycles.